The molecular weight excluding hydrogens is 502 g/mol. The quantitative estimate of drug-likeness (QED) is 0.441. The molecule has 0 radical (unpaired) electrons. The Balaban J connectivity index is 2.48. The van der Waals surface area contributed by atoms with E-state index in [2.05, 4.69) is 5.32 Å². The highest BCUT2D eigenvalue weighted by atomic mass is 35.5. The minimum atomic E-state index is -3.86. The summed E-state index contributed by atoms with van der Waals surface area (Å²) in [5.74, 6) is -0.232. The number of amides is 2. The molecule has 0 bridgehead atoms. The van der Waals surface area contributed by atoms with Crippen molar-refractivity contribution in [3.05, 3.63) is 58.6 Å². The predicted octanol–water partition coefficient (Wildman–Crippen LogP) is 4.00. The van der Waals surface area contributed by atoms with Crippen molar-refractivity contribution in [3.8, 4) is 5.75 Å². The van der Waals surface area contributed by atoms with E-state index in [4.69, 9.17) is 16.3 Å². The molecule has 0 saturated carbocycles. The van der Waals surface area contributed by atoms with E-state index < -0.39 is 28.5 Å². The molecule has 2 aromatic carbocycles. The first-order valence-corrected chi connectivity index (χ1v) is 14.0. The second-order valence-electron chi connectivity index (χ2n) is 9.16. The summed E-state index contributed by atoms with van der Waals surface area (Å²) < 4.78 is 32.0. The molecule has 2 amide bonds. The van der Waals surface area contributed by atoms with Crippen molar-refractivity contribution in [2.24, 2.45) is 5.92 Å². The van der Waals surface area contributed by atoms with Gasteiger partial charge in [-0.1, -0.05) is 50.6 Å². The number of sulfonamides is 1. The van der Waals surface area contributed by atoms with Crippen LogP contribution in [0.5, 0.6) is 5.75 Å². The summed E-state index contributed by atoms with van der Waals surface area (Å²) in [6.07, 6.45) is 1.40. The molecule has 1 unspecified atom stereocenters. The number of nitrogens with zero attached hydrogens (tertiary/aromatic N) is 2. The van der Waals surface area contributed by atoms with Crippen molar-refractivity contribution in [3.63, 3.8) is 0 Å². The van der Waals surface area contributed by atoms with Gasteiger partial charge in [0.1, 0.15) is 18.3 Å². The molecule has 0 fully saturated rings. The van der Waals surface area contributed by atoms with Crippen LogP contribution in [0.2, 0.25) is 5.02 Å². The third kappa shape index (κ3) is 8.13. The maximum Gasteiger partial charge on any atom is 0.244 e. The summed E-state index contributed by atoms with van der Waals surface area (Å²) in [6, 6.07) is 11.3. The summed E-state index contributed by atoms with van der Waals surface area (Å²) in [5.41, 5.74) is 1.84. The minimum Gasteiger partial charge on any atom is -0.495 e. The van der Waals surface area contributed by atoms with Crippen LogP contribution in [0.25, 0.3) is 0 Å². The molecule has 1 N–H and O–H groups in total. The number of hydrogen-bond donors (Lipinski definition) is 1. The van der Waals surface area contributed by atoms with Gasteiger partial charge in [-0.25, -0.2) is 8.42 Å². The highest BCUT2D eigenvalue weighted by molar-refractivity contribution is 7.92. The standard InChI is InChI=1S/C26H36ClN3O5S/c1-7-22(26(32)28-15-18(2)3)29(16-20-9-11-21(27)12-10-20)25(31)17-30(36(6,33)34)23-14-19(4)8-13-24(23)35-5/h8-14,18,22H,7,15-17H2,1-6H3,(H,28,32). The first kappa shape index (κ1) is 29.5. The van der Waals surface area contributed by atoms with Crippen LogP contribution in [0.4, 0.5) is 5.69 Å². The van der Waals surface area contributed by atoms with E-state index in [-0.39, 0.29) is 24.1 Å². The number of nitrogens with one attached hydrogen (secondary N) is 1. The highest BCUT2D eigenvalue weighted by Crippen LogP contribution is 2.31. The van der Waals surface area contributed by atoms with Crippen molar-refractivity contribution in [2.45, 2.75) is 46.7 Å². The monoisotopic (exact) mass is 537 g/mol. The molecule has 10 heteroatoms. The summed E-state index contributed by atoms with van der Waals surface area (Å²) in [6.45, 7) is 7.71. The Morgan fingerprint density at radius 1 is 1.11 bits per heavy atom. The Morgan fingerprint density at radius 2 is 1.75 bits per heavy atom. The van der Waals surface area contributed by atoms with Gasteiger partial charge in [-0.3, -0.25) is 13.9 Å². The summed E-state index contributed by atoms with van der Waals surface area (Å²) in [5, 5.41) is 3.45. The molecular formula is C26H36ClN3O5S. The average Bonchev–Trinajstić information content (AvgIpc) is 2.81. The molecule has 0 heterocycles. The van der Waals surface area contributed by atoms with Crippen LogP contribution in [-0.2, 0) is 26.2 Å². The highest BCUT2D eigenvalue weighted by Gasteiger charge is 2.32. The molecule has 1 atom stereocenters. The van der Waals surface area contributed by atoms with E-state index >= 15 is 0 Å². The Morgan fingerprint density at radius 3 is 2.28 bits per heavy atom. The van der Waals surface area contributed by atoms with Crippen LogP contribution in [0.15, 0.2) is 42.5 Å². The number of methoxy groups -OCH3 is 1. The van der Waals surface area contributed by atoms with E-state index in [9.17, 15) is 18.0 Å². The van der Waals surface area contributed by atoms with E-state index in [0.29, 0.717) is 23.7 Å². The van der Waals surface area contributed by atoms with E-state index in [1.165, 1.54) is 12.0 Å². The van der Waals surface area contributed by atoms with Gasteiger partial charge in [0.15, 0.2) is 0 Å². The zero-order valence-electron chi connectivity index (χ0n) is 21.7. The summed E-state index contributed by atoms with van der Waals surface area (Å²) >= 11 is 6.02. The molecule has 0 aromatic heterocycles. The molecule has 0 aliphatic rings. The van der Waals surface area contributed by atoms with Crippen molar-refractivity contribution >= 4 is 39.1 Å². The number of halogens is 1. The zero-order valence-corrected chi connectivity index (χ0v) is 23.3. The van der Waals surface area contributed by atoms with Gasteiger partial charge < -0.3 is 15.0 Å². The molecule has 198 valence electrons. The molecule has 0 aliphatic carbocycles. The number of carbonyl (C=O) groups excluding carboxylic acids is 2. The molecule has 36 heavy (non-hydrogen) atoms. The Bertz CT molecular complexity index is 1150. The van der Waals surface area contributed by atoms with Crippen molar-refractivity contribution < 1.29 is 22.7 Å². The lowest BCUT2D eigenvalue weighted by Crippen LogP contribution is -2.52. The zero-order chi connectivity index (χ0) is 27.0. The maximum atomic E-state index is 13.7. The maximum absolute atomic E-state index is 13.7. The molecule has 2 rings (SSSR count). The fourth-order valence-corrected chi connectivity index (χ4v) is 4.69. The van der Waals surface area contributed by atoms with Gasteiger partial charge >= 0.3 is 0 Å². The topological polar surface area (TPSA) is 96.0 Å². The summed E-state index contributed by atoms with van der Waals surface area (Å²) in [4.78, 5) is 28.3. The Hall–Kier alpha value is -2.78. The van der Waals surface area contributed by atoms with Gasteiger partial charge in [-0.2, -0.15) is 0 Å². The lowest BCUT2D eigenvalue weighted by atomic mass is 10.1. The molecule has 2 aromatic rings. The van der Waals surface area contributed by atoms with Gasteiger partial charge in [0.2, 0.25) is 21.8 Å². The lowest BCUT2D eigenvalue weighted by Gasteiger charge is -2.33. The Kier molecular flexibility index (Phi) is 10.6. The first-order chi connectivity index (χ1) is 16.9. The third-order valence-corrected chi connectivity index (χ3v) is 7.00. The van der Waals surface area contributed by atoms with Gasteiger partial charge in [-0.15, -0.1) is 0 Å². The fourth-order valence-electron chi connectivity index (χ4n) is 3.72. The predicted molar refractivity (Wildman–Crippen MR) is 144 cm³/mol. The van der Waals surface area contributed by atoms with Crippen LogP contribution in [0.3, 0.4) is 0 Å². The van der Waals surface area contributed by atoms with Crippen molar-refractivity contribution in [1.82, 2.24) is 10.2 Å². The van der Waals surface area contributed by atoms with Gasteiger partial charge in [0.05, 0.1) is 19.1 Å². The van der Waals surface area contributed by atoms with Gasteiger partial charge in [0.25, 0.3) is 0 Å². The average molecular weight is 538 g/mol. The SMILES string of the molecule is CCC(C(=O)NCC(C)C)N(Cc1ccc(Cl)cc1)C(=O)CN(c1cc(C)ccc1OC)S(C)(=O)=O. The molecule has 8 nitrogen and oxygen atoms in total. The number of anilines is 1. The largest absolute Gasteiger partial charge is 0.495 e. The number of rotatable bonds is 12. The van der Waals surface area contributed by atoms with E-state index in [1.807, 2.05) is 27.7 Å². The second-order valence-corrected chi connectivity index (χ2v) is 11.5. The van der Waals surface area contributed by atoms with Crippen molar-refractivity contribution in [2.75, 3.05) is 30.8 Å². The molecule has 0 aliphatic heterocycles. The second kappa shape index (κ2) is 13.0. The van der Waals surface area contributed by atoms with Crippen LogP contribution >= 0.6 is 11.6 Å². The molecule has 0 spiro atoms. The molecule has 0 saturated heterocycles. The van der Waals surface area contributed by atoms with Crippen LogP contribution in [0.1, 0.15) is 38.3 Å². The fraction of sp³-hybridized carbons (Fsp3) is 0.462. The normalized spacial score (nSPS) is 12.2. The van der Waals surface area contributed by atoms with Crippen LogP contribution in [0, 0.1) is 12.8 Å². The van der Waals surface area contributed by atoms with Crippen molar-refractivity contribution in [1.29, 1.82) is 0 Å². The van der Waals surface area contributed by atoms with E-state index in [0.717, 1.165) is 21.7 Å². The number of hydrogen-bond acceptors (Lipinski definition) is 5. The number of benzene rings is 2. The third-order valence-electron chi connectivity index (χ3n) is 5.62. The van der Waals surface area contributed by atoms with Crippen LogP contribution in [-0.4, -0.2) is 57.6 Å². The van der Waals surface area contributed by atoms with E-state index in [1.54, 1.807) is 42.5 Å². The first-order valence-electron chi connectivity index (χ1n) is 11.8. The van der Waals surface area contributed by atoms with Crippen LogP contribution < -0.4 is 14.4 Å². The lowest BCUT2D eigenvalue weighted by molar-refractivity contribution is -0.140. The smallest absolute Gasteiger partial charge is 0.244 e. The summed E-state index contributed by atoms with van der Waals surface area (Å²) in [7, 11) is -2.42. The number of ether oxygens (including phenoxy) is 1. The van der Waals surface area contributed by atoms with Gasteiger partial charge in [0, 0.05) is 18.1 Å². The Labute approximate surface area is 219 Å². The minimum absolute atomic E-state index is 0.117. The van der Waals surface area contributed by atoms with Gasteiger partial charge in [-0.05, 0) is 54.7 Å². The number of carbonyl (C=O) groups is 2. The number of aryl methyl sites for hydroxylation is 1.